The summed E-state index contributed by atoms with van der Waals surface area (Å²) in [5.41, 5.74) is 0. The molecule has 1 aromatic heterocycles. The van der Waals surface area contributed by atoms with Crippen LogP contribution < -0.4 is 0 Å². The molecule has 0 fully saturated rings. The quantitative estimate of drug-likeness (QED) is 0.521. The van der Waals surface area contributed by atoms with Crippen LogP contribution in [0, 0.1) is 0 Å². The van der Waals surface area contributed by atoms with Crippen molar-refractivity contribution in [1.29, 1.82) is 0 Å². The van der Waals surface area contributed by atoms with Gasteiger partial charge in [-0.25, -0.2) is 0 Å². The molecular formula is C4H2N2OSe2. The molecule has 0 atom stereocenters. The third-order valence-corrected chi connectivity index (χ3v) is 0.989. The van der Waals surface area contributed by atoms with Gasteiger partial charge in [0.1, 0.15) is 0 Å². The molecule has 0 N–H and O–H groups in total. The number of nitrogens with zero attached hydrogens (tertiary/aromatic N) is 2. The molecule has 0 aliphatic carbocycles. The number of aliphatic imine (C=N–C) groups is 1. The van der Waals surface area contributed by atoms with Crippen molar-refractivity contribution in [3.63, 3.8) is 0 Å². The predicted molar refractivity (Wildman–Crippen MR) is 35.1 cm³/mol. The second kappa shape index (κ2) is 3.18. The molecule has 0 saturated carbocycles. The van der Waals surface area contributed by atoms with Gasteiger partial charge in [0.05, 0.1) is 0 Å². The SMILES string of the molecule is [Se]C([Se])=Nc1ncco1. The van der Waals surface area contributed by atoms with E-state index in [2.05, 4.69) is 42.0 Å². The molecule has 0 saturated heterocycles. The first kappa shape index (κ1) is 7.03. The van der Waals surface area contributed by atoms with Gasteiger partial charge < -0.3 is 0 Å². The van der Waals surface area contributed by atoms with Gasteiger partial charge in [-0.05, 0) is 0 Å². The van der Waals surface area contributed by atoms with Crippen molar-refractivity contribution in [3.05, 3.63) is 12.5 Å². The Labute approximate surface area is 68.6 Å². The van der Waals surface area contributed by atoms with Crippen LogP contribution in [-0.4, -0.2) is 40.5 Å². The van der Waals surface area contributed by atoms with Crippen molar-refractivity contribution < 1.29 is 4.42 Å². The van der Waals surface area contributed by atoms with E-state index in [4.69, 9.17) is 4.42 Å². The Kier molecular flexibility index (Phi) is 2.48. The molecule has 0 bridgehead atoms. The van der Waals surface area contributed by atoms with Gasteiger partial charge in [0.2, 0.25) is 0 Å². The summed E-state index contributed by atoms with van der Waals surface area (Å²) in [6.07, 6.45) is 3.02. The van der Waals surface area contributed by atoms with Crippen LogP contribution in [0.2, 0.25) is 0 Å². The fourth-order valence-corrected chi connectivity index (χ4v) is 0.677. The minimum absolute atomic E-state index is 0.363. The molecule has 1 rings (SSSR count). The second-order valence-corrected chi connectivity index (χ2v) is 4.13. The molecule has 9 heavy (non-hydrogen) atoms. The fourth-order valence-electron chi connectivity index (χ4n) is 0.349. The van der Waals surface area contributed by atoms with Crippen molar-refractivity contribution in [2.24, 2.45) is 4.99 Å². The van der Waals surface area contributed by atoms with Gasteiger partial charge in [-0.2, -0.15) is 0 Å². The first-order chi connectivity index (χ1) is 4.29. The molecular weight excluding hydrogens is 250 g/mol. The Morgan fingerprint density at radius 3 is 2.89 bits per heavy atom. The van der Waals surface area contributed by atoms with Crippen LogP contribution in [0.5, 0.6) is 0 Å². The average Bonchev–Trinajstić information content (AvgIpc) is 2.15. The molecule has 0 aliphatic rings. The van der Waals surface area contributed by atoms with Gasteiger partial charge in [0.25, 0.3) is 0 Å². The van der Waals surface area contributed by atoms with Crippen LogP contribution >= 0.6 is 0 Å². The number of hydrogen-bond donors (Lipinski definition) is 0. The monoisotopic (exact) mass is 254 g/mol. The van der Waals surface area contributed by atoms with Crippen molar-refractivity contribution in [2.75, 3.05) is 0 Å². The van der Waals surface area contributed by atoms with Crippen LogP contribution in [0.3, 0.4) is 0 Å². The van der Waals surface area contributed by atoms with Gasteiger partial charge in [-0.15, -0.1) is 0 Å². The summed E-state index contributed by atoms with van der Waals surface area (Å²) in [7, 11) is 0. The maximum atomic E-state index is 4.81. The zero-order valence-corrected chi connectivity index (χ0v) is 7.70. The van der Waals surface area contributed by atoms with Crippen molar-refractivity contribution >= 4 is 41.5 Å². The van der Waals surface area contributed by atoms with E-state index < -0.39 is 0 Å². The zero-order chi connectivity index (χ0) is 6.69. The summed E-state index contributed by atoms with van der Waals surface area (Å²) >= 11 is 5.35. The van der Waals surface area contributed by atoms with Crippen molar-refractivity contribution in [1.82, 2.24) is 4.98 Å². The molecule has 0 aromatic carbocycles. The number of aromatic nitrogens is 1. The van der Waals surface area contributed by atoms with Crippen LogP contribution in [-0.2, 0) is 0 Å². The van der Waals surface area contributed by atoms with E-state index in [1.165, 1.54) is 6.26 Å². The standard InChI is InChI=1S/C4H2N2OSe2/c8-4(9)6-3-5-1-2-7-3/h1-2H. The summed E-state index contributed by atoms with van der Waals surface area (Å²) in [4.78, 5) is 7.61. The molecule has 0 unspecified atom stereocenters. The summed E-state index contributed by atoms with van der Waals surface area (Å²) in [6, 6.07) is 0.363. The fraction of sp³-hybridized carbons (Fsp3) is 0. The number of rotatable bonds is 1. The van der Waals surface area contributed by atoms with E-state index in [9.17, 15) is 0 Å². The Hall–Kier alpha value is -0.0810. The van der Waals surface area contributed by atoms with Gasteiger partial charge in [0.15, 0.2) is 0 Å². The van der Waals surface area contributed by atoms with Gasteiger partial charge in [-0.3, -0.25) is 0 Å². The predicted octanol–water partition coefficient (Wildman–Crippen LogP) is -0.000900. The summed E-state index contributed by atoms with van der Waals surface area (Å²) in [6.45, 7) is 0. The van der Waals surface area contributed by atoms with Crippen molar-refractivity contribution in [3.8, 4) is 0 Å². The molecule has 0 aliphatic heterocycles. The third kappa shape index (κ3) is 2.33. The van der Waals surface area contributed by atoms with E-state index in [-0.39, 0.29) is 0 Å². The Bertz CT molecular complexity index is 202. The Morgan fingerprint density at radius 2 is 2.44 bits per heavy atom. The molecule has 3 nitrogen and oxygen atoms in total. The van der Waals surface area contributed by atoms with E-state index >= 15 is 0 Å². The van der Waals surface area contributed by atoms with Crippen LogP contribution in [0.15, 0.2) is 21.9 Å². The number of oxazole rings is 1. The first-order valence-electron chi connectivity index (χ1n) is 2.11. The molecule has 1 aromatic rings. The molecule has 0 amide bonds. The normalized spacial score (nSPS) is 8.89. The van der Waals surface area contributed by atoms with Crippen molar-refractivity contribution in [2.45, 2.75) is 0 Å². The number of hydrogen-bond acceptors (Lipinski definition) is 3. The van der Waals surface area contributed by atoms with Crippen LogP contribution in [0.4, 0.5) is 6.01 Å². The third-order valence-electron chi connectivity index (χ3n) is 0.606. The second-order valence-electron chi connectivity index (χ2n) is 1.19. The average molecular weight is 252 g/mol. The van der Waals surface area contributed by atoms with E-state index in [1.807, 2.05) is 0 Å². The van der Waals surface area contributed by atoms with Crippen LogP contribution in [0.25, 0.3) is 0 Å². The molecule has 0 spiro atoms. The van der Waals surface area contributed by atoms with Crippen LogP contribution in [0.1, 0.15) is 0 Å². The van der Waals surface area contributed by atoms with E-state index in [1.54, 1.807) is 6.20 Å². The maximum absolute atomic E-state index is 4.81. The van der Waals surface area contributed by atoms with Gasteiger partial charge in [-0.1, -0.05) is 0 Å². The molecule has 46 valence electrons. The molecule has 5 heteroatoms. The Morgan fingerprint density at radius 1 is 1.67 bits per heavy atom. The summed E-state index contributed by atoms with van der Waals surface area (Å²) in [5, 5.41) is 0. The van der Waals surface area contributed by atoms with E-state index in [0.29, 0.717) is 9.52 Å². The summed E-state index contributed by atoms with van der Waals surface area (Å²) < 4.78 is 5.50. The molecule has 1 heterocycles. The van der Waals surface area contributed by atoms with Gasteiger partial charge >= 0.3 is 68.4 Å². The topological polar surface area (TPSA) is 38.4 Å². The minimum atomic E-state index is 0.363. The summed E-state index contributed by atoms with van der Waals surface area (Å²) in [5.74, 6) is 0. The molecule has 2 radical (unpaired) electrons. The zero-order valence-electron chi connectivity index (χ0n) is 4.27. The van der Waals surface area contributed by atoms with Gasteiger partial charge in [0, 0.05) is 0 Å². The first-order valence-corrected chi connectivity index (χ1v) is 3.82. The van der Waals surface area contributed by atoms with E-state index in [0.717, 1.165) is 0 Å². The Balaban J connectivity index is 2.80.